The van der Waals surface area contributed by atoms with E-state index in [1.807, 2.05) is 6.07 Å². The SMILES string of the molecule is O=C(c1ccc2c(c1)OC(F)(F)O2)C1CC2CCCC(C1)N2Cc1ccccc1. The van der Waals surface area contributed by atoms with Crippen molar-refractivity contribution in [2.45, 2.75) is 57.0 Å². The summed E-state index contributed by atoms with van der Waals surface area (Å²) in [7, 11) is 0. The van der Waals surface area contributed by atoms with Gasteiger partial charge in [-0.25, -0.2) is 0 Å². The summed E-state index contributed by atoms with van der Waals surface area (Å²) in [5.41, 5.74) is 1.72. The molecule has 0 N–H and O–H groups in total. The van der Waals surface area contributed by atoms with E-state index >= 15 is 0 Å². The molecular weight excluding hydrogens is 376 g/mol. The second kappa shape index (κ2) is 7.10. The molecule has 3 aliphatic rings. The predicted octanol–water partition coefficient (Wildman–Crippen LogP) is 5.02. The third-order valence-corrected chi connectivity index (χ3v) is 6.39. The molecule has 2 bridgehead atoms. The molecule has 4 nitrogen and oxygen atoms in total. The molecule has 29 heavy (non-hydrogen) atoms. The van der Waals surface area contributed by atoms with Gasteiger partial charge in [-0.3, -0.25) is 9.69 Å². The molecule has 2 aromatic carbocycles. The quantitative estimate of drug-likeness (QED) is 0.677. The molecule has 3 aliphatic heterocycles. The van der Waals surface area contributed by atoms with Crippen LogP contribution in [0.2, 0.25) is 0 Å². The fraction of sp³-hybridized carbons (Fsp3) is 0.435. The summed E-state index contributed by atoms with van der Waals surface area (Å²) in [6, 6.07) is 15.6. The second-order valence-corrected chi connectivity index (χ2v) is 8.26. The lowest BCUT2D eigenvalue weighted by Crippen LogP contribution is -2.52. The highest BCUT2D eigenvalue weighted by molar-refractivity contribution is 5.98. The Balaban J connectivity index is 1.32. The van der Waals surface area contributed by atoms with E-state index in [0.29, 0.717) is 17.6 Å². The molecule has 3 heterocycles. The van der Waals surface area contributed by atoms with Crippen molar-refractivity contribution in [2.24, 2.45) is 5.92 Å². The molecule has 0 spiro atoms. The van der Waals surface area contributed by atoms with Crippen molar-refractivity contribution >= 4 is 5.78 Å². The number of piperidine rings is 2. The second-order valence-electron chi connectivity index (χ2n) is 8.26. The average Bonchev–Trinajstić information content (AvgIpc) is 3.01. The van der Waals surface area contributed by atoms with E-state index in [9.17, 15) is 13.6 Å². The number of halogens is 2. The van der Waals surface area contributed by atoms with Gasteiger partial charge in [-0.1, -0.05) is 36.8 Å². The third-order valence-electron chi connectivity index (χ3n) is 6.39. The van der Waals surface area contributed by atoms with Crippen molar-refractivity contribution in [3.63, 3.8) is 0 Å². The minimum Gasteiger partial charge on any atom is -0.395 e. The standard InChI is InChI=1S/C23H23F2NO3/c24-23(25)28-20-10-9-16(13-21(20)29-23)22(27)17-11-18-7-4-8-19(12-17)26(18)14-15-5-2-1-3-6-15/h1-3,5-6,9-10,13,17-19H,4,7-8,11-12,14H2. The van der Waals surface area contributed by atoms with Gasteiger partial charge in [0.15, 0.2) is 17.3 Å². The van der Waals surface area contributed by atoms with Crippen LogP contribution >= 0.6 is 0 Å². The Hall–Kier alpha value is -2.47. The number of carbonyl (C=O) groups is 1. The first-order valence-electron chi connectivity index (χ1n) is 10.2. The van der Waals surface area contributed by atoms with Crippen LogP contribution in [0.3, 0.4) is 0 Å². The molecule has 2 atom stereocenters. The van der Waals surface area contributed by atoms with E-state index in [-0.39, 0.29) is 23.2 Å². The van der Waals surface area contributed by atoms with E-state index in [0.717, 1.165) is 32.2 Å². The zero-order chi connectivity index (χ0) is 20.0. The highest BCUT2D eigenvalue weighted by Gasteiger charge is 2.44. The van der Waals surface area contributed by atoms with E-state index in [2.05, 4.69) is 38.6 Å². The maximum absolute atomic E-state index is 13.3. The van der Waals surface area contributed by atoms with Gasteiger partial charge in [0.1, 0.15) is 0 Å². The maximum atomic E-state index is 13.3. The number of carbonyl (C=O) groups excluding carboxylic acids is 1. The van der Waals surface area contributed by atoms with Gasteiger partial charge in [-0.05, 0) is 49.4 Å². The van der Waals surface area contributed by atoms with Crippen molar-refractivity contribution in [2.75, 3.05) is 0 Å². The van der Waals surface area contributed by atoms with Crippen molar-refractivity contribution in [1.29, 1.82) is 0 Å². The molecule has 0 aromatic heterocycles. The first-order chi connectivity index (χ1) is 14.0. The number of Topliss-reactive ketones (excluding diaryl/α,β-unsaturated/α-hetero) is 1. The molecule has 2 unspecified atom stereocenters. The largest absolute Gasteiger partial charge is 0.586 e. The Morgan fingerprint density at radius 1 is 1.00 bits per heavy atom. The van der Waals surface area contributed by atoms with E-state index < -0.39 is 6.29 Å². The number of hydrogen-bond acceptors (Lipinski definition) is 4. The zero-order valence-electron chi connectivity index (χ0n) is 16.0. The highest BCUT2D eigenvalue weighted by atomic mass is 19.3. The molecular formula is C23H23F2NO3. The van der Waals surface area contributed by atoms with Crippen molar-refractivity contribution in [1.82, 2.24) is 4.90 Å². The monoisotopic (exact) mass is 399 g/mol. The van der Waals surface area contributed by atoms with Crippen LogP contribution < -0.4 is 9.47 Å². The van der Waals surface area contributed by atoms with Crippen LogP contribution in [0.4, 0.5) is 8.78 Å². The summed E-state index contributed by atoms with van der Waals surface area (Å²) in [5, 5.41) is 0. The Labute approximate surface area is 168 Å². The lowest BCUT2D eigenvalue weighted by Gasteiger charge is -2.48. The zero-order valence-corrected chi connectivity index (χ0v) is 16.0. The van der Waals surface area contributed by atoms with E-state index in [1.165, 1.54) is 24.1 Å². The summed E-state index contributed by atoms with van der Waals surface area (Å²) >= 11 is 0. The number of alkyl halides is 2. The summed E-state index contributed by atoms with van der Waals surface area (Å²) in [4.78, 5) is 15.7. The number of nitrogens with zero attached hydrogens (tertiary/aromatic N) is 1. The predicted molar refractivity (Wildman–Crippen MR) is 103 cm³/mol. The van der Waals surface area contributed by atoms with Gasteiger partial charge in [-0.2, -0.15) is 0 Å². The summed E-state index contributed by atoms with van der Waals surface area (Å²) in [6.45, 7) is 0.913. The topological polar surface area (TPSA) is 38.8 Å². The molecule has 152 valence electrons. The van der Waals surface area contributed by atoms with Crippen LogP contribution in [0.5, 0.6) is 11.5 Å². The van der Waals surface area contributed by atoms with Gasteiger partial charge in [0.2, 0.25) is 0 Å². The van der Waals surface area contributed by atoms with Crippen LogP contribution in [0.1, 0.15) is 48.0 Å². The fourth-order valence-corrected chi connectivity index (χ4v) is 5.08. The minimum absolute atomic E-state index is 0.0166. The first kappa shape index (κ1) is 18.6. The van der Waals surface area contributed by atoms with Gasteiger partial charge in [0, 0.05) is 30.1 Å². The lowest BCUT2D eigenvalue weighted by atomic mass is 9.75. The number of rotatable bonds is 4. The van der Waals surface area contributed by atoms with Gasteiger partial charge in [0.25, 0.3) is 0 Å². The smallest absolute Gasteiger partial charge is 0.395 e. The lowest BCUT2D eigenvalue weighted by molar-refractivity contribution is -0.286. The fourth-order valence-electron chi connectivity index (χ4n) is 5.08. The molecule has 0 radical (unpaired) electrons. The molecule has 5 rings (SSSR count). The van der Waals surface area contributed by atoms with Crippen molar-refractivity contribution in [3.8, 4) is 11.5 Å². The number of ether oxygens (including phenoxy) is 2. The normalized spacial score (nSPS) is 27.6. The Bertz CT molecular complexity index is 904. The Kier molecular flexibility index (Phi) is 4.54. The first-order valence-corrected chi connectivity index (χ1v) is 10.2. The van der Waals surface area contributed by atoms with Crippen LogP contribution in [0.15, 0.2) is 48.5 Å². The molecule has 0 amide bonds. The third kappa shape index (κ3) is 3.62. The molecule has 6 heteroatoms. The average molecular weight is 399 g/mol. The van der Waals surface area contributed by atoms with Crippen LogP contribution in [-0.2, 0) is 6.54 Å². The summed E-state index contributed by atoms with van der Waals surface area (Å²) < 4.78 is 35.5. The number of fused-ring (bicyclic) bond motifs is 3. The molecule has 2 aromatic rings. The number of ketones is 1. The van der Waals surface area contributed by atoms with Crippen molar-refractivity contribution in [3.05, 3.63) is 59.7 Å². The van der Waals surface area contributed by atoms with E-state index in [4.69, 9.17) is 0 Å². The van der Waals surface area contributed by atoms with Crippen LogP contribution in [-0.4, -0.2) is 29.1 Å². The minimum atomic E-state index is -3.66. The molecule has 0 aliphatic carbocycles. The van der Waals surface area contributed by atoms with E-state index in [1.54, 1.807) is 6.07 Å². The summed E-state index contributed by atoms with van der Waals surface area (Å²) in [5.74, 6) is -0.162. The molecule has 2 fully saturated rings. The molecule has 0 saturated carbocycles. The number of benzene rings is 2. The maximum Gasteiger partial charge on any atom is 0.586 e. The van der Waals surface area contributed by atoms with Crippen LogP contribution in [0, 0.1) is 5.92 Å². The van der Waals surface area contributed by atoms with Gasteiger partial charge in [-0.15, -0.1) is 8.78 Å². The Morgan fingerprint density at radius 2 is 1.69 bits per heavy atom. The highest BCUT2D eigenvalue weighted by Crippen LogP contribution is 2.43. The summed E-state index contributed by atoms with van der Waals surface area (Å²) in [6.07, 6.45) is 1.35. The van der Waals surface area contributed by atoms with Gasteiger partial charge in [0.05, 0.1) is 0 Å². The Morgan fingerprint density at radius 3 is 2.41 bits per heavy atom. The van der Waals surface area contributed by atoms with Crippen LogP contribution in [0.25, 0.3) is 0 Å². The van der Waals surface area contributed by atoms with Gasteiger partial charge < -0.3 is 9.47 Å². The van der Waals surface area contributed by atoms with Gasteiger partial charge >= 0.3 is 6.29 Å². The van der Waals surface area contributed by atoms with Crippen molar-refractivity contribution < 1.29 is 23.0 Å². The molecule has 2 saturated heterocycles. The number of hydrogen-bond donors (Lipinski definition) is 0.